The number of fused-ring (bicyclic) bond motifs is 3. The number of aromatic nitrogens is 2. The zero-order valence-corrected chi connectivity index (χ0v) is 12.8. The molecule has 0 bridgehead atoms. The second-order valence-corrected chi connectivity index (χ2v) is 5.70. The predicted octanol–water partition coefficient (Wildman–Crippen LogP) is 2.82. The van der Waals surface area contributed by atoms with Crippen molar-refractivity contribution in [2.45, 2.75) is 12.5 Å². The van der Waals surface area contributed by atoms with Crippen molar-refractivity contribution in [2.24, 2.45) is 7.05 Å². The van der Waals surface area contributed by atoms with E-state index in [0.717, 1.165) is 24.4 Å². The van der Waals surface area contributed by atoms with Gasteiger partial charge in [0.1, 0.15) is 5.75 Å². The summed E-state index contributed by atoms with van der Waals surface area (Å²) in [4.78, 5) is 4.55. The van der Waals surface area contributed by atoms with Gasteiger partial charge in [-0.25, -0.2) is 0 Å². The number of ether oxygens (including phenoxy) is 1. The normalized spacial score (nSPS) is 17.5. The smallest absolute Gasteiger partial charge is 0.119 e. The molecular weight excluding hydrogens is 274 g/mol. The second-order valence-electron chi connectivity index (χ2n) is 5.70. The van der Waals surface area contributed by atoms with Crippen molar-refractivity contribution < 1.29 is 4.74 Å². The molecule has 4 rings (SSSR count). The number of hydrogen-bond donors (Lipinski definition) is 1. The van der Waals surface area contributed by atoms with Gasteiger partial charge >= 0.3 is 0 Å². The molecule has 0 radical (unpaired) electrons. The summed E-state index contributed by atoms with van der Waals surface area (Å²) in [6.07, 6.45) is 2.89. The molecule has 1 N–H and O–H groups in total. The Morgan fingerprint density at radius 2 is 2.18 bits per heavy atom. The van der Waals surface area contributed by atoms with Crippen LogP contribution in [0.3, 0.4) is 0 Å². The minimum absolute atomic E-state index is 0.147. The van der Waals surface area contributed by atoms with E-state index in [-0.39, 0.29) is 6.04 Å². The standard InChI is InChI=1S/C18H19N3O/c1-21-16-7-6-12(22-2)11-14(16)13-8-10-20-17(18(13)21)15-5-3-4-9-19-15/h3-7,9,11,17,20H,8,10H2,1-2H3. The fraction of sp³-hybridized carbons (Fsp3) is 0.278. The fourth-order valence-corrected chi connectivity index (χ4v) is 3.51. The first-order chi connectivity index (χ1) is 10.8. The molecule has 4 nitrogen and oxygen atoms in total. The van der Waals surface area contributed by atoms with Crippen molar-refractivity contribution in [2.75, 3.05) is 13.7 Å². The van der Waals surface area contributed by atoms with Gasteiger partial charge in [0, 0.05) is 36.4 Å². The van der Waals surface area contributed by atoms with Crippen molar-refractivity contribution in [3.63, 3.8) is 0 Å². The predicted molar refractivity (Wildman–Crippen MR) is 87.3 cm³/mol. The van der Waals surface area contributed by atoms with Crippen molar-refractivity contribution >= 4 is 10.9 Å². The lowest BCUT2D eigenvalue weighted by Crippen LogP contribution is -2.32. The van der Waals surface area contributed by atoms with E-state index in [4.69, 9.17) is 4.74 Å². The third-order valence-corrected chi connectivity index (χ3v) is 4.54. The molecule has 3 aromatic rings. The SMILES string of the molecule is COc1ccc2c(c1)c1c(n2C)C(c2ccccn2)NCC1. The van der Waals surface area contributed by atoms with Crippen LogP contribution in [-0.4, -0.2) is 23.2 Å². The van der Waals surface area contributed by atoms with Crippen molar-refractivity contribution in [3.8, 4) is 5.75 Å². The molecule has 0 saturated carbocycles. The summed E-state index contributed by atoms with van der Waals surface area (Å²) in [7, 11) is 3.85. The highest BCUT2D eigenvalue weighted by molar-refractivity contribution is 5.87. The average Bonchev–Trinajstić information content (AvgIpc) is 2.88. The zero-order valence-electron chi connectivity index (χ0n) is 12.8. The van der Waals surface area contributed by atoms with Crippen LogP contribution in [-0.2, 0) is 13.5 Å². The number of hydrogen-bond acceptors (Lipinski definition) is 3. The van der Waals surface area contributed by atoms with Crippen molar-refractivity contribution in [3.05, 3.63) is 59.5 Å². The summed E-state index contributed by atoms with van der Waals surface area (Å²) in [5, 5.41) is 4.90. The Balaban J connectivity index is 1.95. The highest BCUT2D eigenvalue weighted by Crippen LogP contribution is 2.36. The maximum atomic E-state index is 5.40. The molecule has 0 fully saturated rings. The minimum Gasteiger partial charge on any atom is -0.497 e. The molecule has 0 spiro atoms. The largest absolute Gasteiger partial charge is 0.497 e. The second kappa shape index (κ2) is 5.14. The molecule has 1 aliphatic heterocycles. The van der Waals surface area contributed by atoms with Gasteiger partial charge < -0.3 is 14.6 Å². The number of aryl methyl sites for hydroxylation is 1. The van der Waals surface area contributed by atoms with Crippen LogP contribution < -0.4 is 10.1 Å². The maximum absolute atomic E-state index is 5.40. The van der Waals surface area contributed by atoms with E-state index in [9.17, 15) is 0 Å². The first-order valence-electron chi connectivity index (χ1n) is 7.59. The topological polar surface area (TPSA) is 39.1 Å². The van der Waals surface area contributed by atoms with Crippen LogP contribution in [0.4, 0.5) is 0 Å². The van der Waals surface area contributed by atoms with Crippen LogP contribution in [0.5, 0.6) is 5.75 Å². The molecule has 22 heavy (non-hydrogen) atoms. The molecule has 3 heterocycles. The molecule has 112 valence electrons. The quantitative estimate of drug-likeness (QED) is 0.789. The van der Waals surface area contributed by atoms with Gasteiger partial charge in [0.2, 0.25) is 0 Å². The number of pyridine rings is 1. The molecule has 0 amide bonds. The van der Waals surface area contributed by atoms with Crippen molar-refractivity contribution in [1.29, 1.82) is 0 Å². The summed E-state index contributed by atoms with van der Waals surface area (Å²) < 4.78 is 7.68. The highest BCUT2D eigenvalue weighted by Gasteiger charge is 2.28. The van der Waals surface area contributed by atoms with E-state index >= 15 is 0 Å². The summed E-state index contributed by atoms with van der Waals surface area (Å²) in [5.74, 6) is 0.911. The first-order valence-corrected chi connectivity index (χ1v) is 7.59. The lowest BCUT2D eigenvalue weighted by Gasteiger charge is -2.25. The molecule has 1 aromatic carbocycles. The Labute approximate surface area is 129 Å². The Kier molecular flexibility index (Phi) is 3.12. The summed E-state index contributed by atoms with van der Waals surface area (Å²) in [6.45, 7) is 0.963. The number of nitrogens with zero attached hydrogens (tertiary/aromatic N) is 2. The molecule has 1 atom stereocenters. The van der Waals surface area contributed by atoms with Crippen LogP contribution in [0.1, 0.15) is 23.0 Å². The Hall–Kier alpha value is -2.33. The van der Waals surface area contributed by atoms with Gasteiger partial charge in [-0.15, -0.1) is 0 Å². The molecular formula is C18H19N3O. The van der Waals surface area contributed by atoms with E-state index in [1.54, 1.807) is 7.11 Å². The Morgan fingerprint density at radius 3 is 2.95 bits per heavy atom. The van der Waals surface area contributed by atoms with Gasteiger partial charge in [0.15, 0.2) is 0 Å². The van der Waals surface area contributed by atoms with Gasteiger partial charge in [-0.3, -0.25) is 4.98 Å². The summed E-state index contributed by atoms with van der Waals surface area (Å²) in [5.41, 5.74) is 5.04. The van der Waals surface area contributed by atoms with Gasteiger partial charge in [0.25, 0.3) is 0 Å². The maximum Gasteiger partial charge on any atom is 0.119 e. The monoisotopic (exact) mass is 293 g/mol. The van der Waals surface area contributed by atoms with Crippen LogP contribution >= 0.6 is 0 Å². The van der Waals surface area contributed by atoms with E-state index < -0.39 is 0 Å². The van der Waals surface area contributed by atoms with E-state index in [1.165, 1.54) is 22.2 Å². The number of benzene rings is 1. The lowest BCUT2D eigenvalue weighted by molar-refractivity contribution is 0.415. The van der Waals surface area contributed by atoms with Crippen LogP contribution in [0.15, 0.2) is 42.6 Å². The van der Waals surface area contributed by atoms with E-state index in [0.29, 0.717) is 0 Å². The average molecular weight is 293 g/mol. The molecule has 1 unspecified atom stereocenters. The molecule has 0 aliphatic carbocycles. The number of rotatable bonds is 2. The zero-order chi connectivity index (χ0) is 15.1. The van der Waals surface area contributed by atoms with Gasteiger partial charge in [-0.2, -0.15) is 0 Å². The summed E-state index contributed by atoms with van der Waals surface area (Å²) in [6, 6.07) is 12.6. The van der Waals surface area contributed by atoms with Crippen LogP contribution in [0.25, 0.3) is 10.9 Å². The number of methoxy groups -OCH3 is 1. The third-order valence-electron chi connectivity index (χ3n) is 4.54. The number of nitrogens with one attached hydrogen (secondary N) is 1. The molecule has 4 heteroatoms. The third kappa shape index (κ3) is 1.91. The van der Waals surface area contributed by atoms with Crippen LogP contribution in [0, 0.1) is 0 Å². The first kappa shape index (κ1) is 13.3. The van der Waals surface area contributed by atoms with E-state index in [2.05, 4.69) is 40.1 Å². The minimum atomic E-state index is 0.147. The Bertz CT molecular complexity index is 823. The van der Waals surface area contributed by atoms with Gasteiger partial charge in [-0.1, -0.05) is 6.07 Å². The van der Waals surface area contributed by atoms with Crippen LogP contribution in [0.2, 0.25) is 0 Å². The van der Waals surface area contributed by atoms with E-state index in [1.807, 2.05) is 24.4 Å². The molecule has 0 saturated heterocycles. The van der Waals surface area contributed by atoms with Crippen molar-refractivity contribution in [1.82, 2.24) is 14.9 Å². The molecule has 1 aliphatic rings. The fourth-order valence-electron chi connectivity index (χ4n) is 3.51. The lowest BCUT2D eigenvalue weighted by atomic mass is 9.97. The Morgan fingerprint density at radius 1 is 1.27 bits per heavy atom. The van der Waals surface area contributed by atoms with Gasteiger partial charge in [-0.05, 0) is 42.3 Å². The van der Waals surface area contributed by atoms with Gasteiger partial charge in [0.05, 0.1) is 18.8 Å². The molecule has 2 aromatic heterocycles. The summed E-state index contributed by atoms with van der Waals surface area (Å²) >= 11 is 0. The highest BCUT2D eigenvalue weighted by atomic mass is 16.5.